The molecule has 7 aromatic rings. The van der Waals surface area contributed by atoms with E-state index >= 15 is 0 Å². The summed E-state index contributed by atoms with van der Waals surface area (Å²) in [6, 6.07) is 20.6. The lowest BCUT2D eigenvalue weighted by atomic mass is 10.0. The molecular formula is C74H96O12S7. The monoisotopic (exact) mass is 1400 g/mol. The molecule has 0 bridgehead atoms. The molecule has 19 heteroatoms. The van der Waals surface area contributed by atoms with Gasteiger partial charge in [-0.25, -0.2) is 28.8 Å². The third-order valence-electron chi connectivity index (χ3n) is 14.2. The second-order valence-corrected chi connectivity index (χ2v) is 29.3. The average Bonchev–Trinajstić information content (AvgIpc) is 1.63. The molecule has 0 fully saturated rings. The molecular weight excluding hydrogens is 1310 g/mol. The number of hydrogen-bond donors (Lipinski definition) is 0. The second-order valence-electron chi connectivity index (χ2n) is 22.2. The summed E-state index contributed by atoms with van der Waals surface area (Å²) in [5.74, 6) is -2.75. The highest BCUT2D eigenvalue weighted by Crippen LogP contribution is 2.50. The highest BCUT2D eigenvalue weighted by atomic mass is 32.1. The SMILES string of the molecule is C.C=C(C)C(=O)OCCOC(=O)c1ccc(-c2cc(CCCCCC)c(-c3cc(CCCCCC)c(-c4cc(CCCCCC)c(-c5ccc(C(=O)OCCOC(=O)C(=C)C)s5)s4)s3)s2)s1.C=C(C)C(=O)OCCOC(=O)c1cccs1.CCCCCCc1ccsc1. The summed E-state index contributed by atoms with van der Waals surface area (Å²) >= 11 is 11.5. The molecule has 0 unspecified atom stereocenters. The van der Waals surface area contributed by atoms with Gasteiger partial charge in [0.05, 0.1) is 0 Å². The maximum atomic E-state index is 13.1. The Morgan fingerprint density at radius 3 is 1.13 bits per heavy atom. The molecule has 0 amide bonds. The van der Waals surface area contributed by atoms with Crippen LogP contribution in [0.15, 0.2) is 113 Å². The normalized spacial score (nSPS) is 10.7. The average molecular weight is 1400 g/mol. The number of carbonyl (C=O) groups excluding carboxylic acids is 6. The first kappa shape index (κ1) is 79.4. The number of hydrogen-bond acceptors (Lipinski definition) is 19. The van der Waals surface area contributed by atoms with Crippen LogP contribution < -0.4 is 0 Å². The van der Waals surface area contributed by atoms with Gasteiger partial charge in [-0.15, -0.1) is 68.0 Å². The summed E-state index contributed by atoms with van der Waals surface area (Å²) in [5.41, 5.74) is 6.49. The predicted octanol–water partition coefficient (Wildman–Crippen LogP) is 22.1. The van der Waals surface area contributed by atoms with Crippen LogP contribution in [0.5, 0.6) is 0 Å². The van der Waals surface area contributed by atoms with Gasteiger partial charge in [0, 0.05) is 55.7 Å². The number of carbonyl (C=O) groups is 6. The number of esters is 6. The molecule has 7 heterocycles. The van der Waals surface area contributed by atoms with E-state index < -0.39 is 35.8 Å². The Bertz CT molecular complexity index is 3400. The van der Waals surface area contributed by atoms with Gasteiger partial charge in [-0.2, -0.15) is 11.3 Å². The minimum atomic E-state index is -0.504. The Morgan fingerprint density at radius 1 is 0.376 bits per heavy atom. The molecule has 0 radical (unpaired) electrons. The van der Waals surface area contributed by atoms with Crippen molar-refractivity contribution in [1.82, 2.24) is 0 Å². The summed E-state index contributed by atoms with van der Waals surface area (Å²) in [6.45, 7) is 24.3. The largest absolute Gasteiger partial charge is 0.459 e. The van der Waals surface area contributed by atoms with Crippen molar-refractivity contribution < 1.29 is 57.2 Å². The van der Waals surface area contributed by atoms with Crippen molar-refractivity contribution in [1.29, 1.82) is 0 Å². The second kappa shape index (κ2) is 44.6. The van der Waals surface area contributed by atoms with Crippen molar-refractivity contribution in [3.63, 3.8) is 0 Å². The van der Waals surface area contributed by atoms with Crippen LogP contribution in [-0.4, -0.2) is 75.5 Å². The molecule has 0 aliphatic heterocycles. The highest BCUT2D eigenvalue weighted by Gasteiger charge is 2.24. The molecule has 12 nitrogen and oxygen atoms in total. The third kappa shape index (κ3) is 28.0. The van der Waals surface area contributed by atoms with Gasteiger partial charge < -0.3 is 28.4 Å². The summed E-state index contributed by atoms with van der Waals surface area (Å²) < 4.78 is 30.7. The smallest absolute Gasteiger partial charge is 0.348 e. The van der Waals surface area contributed by atoms with E-state index in [0.717, 1.165) is 53.2 Å². The first-order valence-electron chi connectivity index (χ1n) is 32.1. The maximum Gasteiger partial charge on any atom is 0.348 e. The fraction of sp³-hybridized carbons (Fsp3) is 0.459. The lowest BCUT2D eigenvalue weighted by Crippen LogP contribution is -2.13. The van der Waals surface area contributed by atoms with E-state index in [0.29, 0.717) is 31.4 Å². The summed E-state index contributed by atoms with van der Waals surface area (Å²) in [5, 5.41) is 6.21. The van der Waals surface area contributed by atoms with Crippen molar-refractivity contribution in [3.05, 3.63) is 150 Å². The molecule has 506 valence electrons. The number of rotatable bonds is 39. The van der Waals surface area contributed by atoms with E-state index in [-0.39, 0.29) is 47.1 Å². The van der Waals surface area contributed by atoms with Crippen LogP contribution in [0.2, 0.25) is 0 Å². The van der Waals surface area contributed by atoms with Crippen molar-refractivity contribution in [2.24, 2.45) is 0 Å². The minimum absolute atomic E-state index is 0. The Morgan fingerprint density at radius 2 is 0.742 bits per heavy atom. The molecule has 93 heavy (non-hydrogen) atoms. The fourth-order valence-electron chi connectivity index (χ4n) is 9.17. The van der Waals surface area contributed by atoms with E-state index in [1.807, 2.05) is 46.9 Å². The first-order valence-corrected chi connectivity index (χ1v) is 38.0. The van der Waals surface area contributed by atoms with Gasteiger partial charge in [-0.3, -0.25) is 0 Å². The quantitative estimate of drug-likeness (QED) is 0.0156. The van der Waals surface area contributed by atoms with Crippen molar-refractivity contribution >= 4 is 115 Å². The topological polar surface area (TPSA) is 158 Å². The van der Waals surface area contributed by atoms with Gasteiger partial charge >= 0.3 is 35.8 Å². The minimum Gasteiger partial charge on any atom is -0.459 e. The molecule has 0 N–H and O–H groups in total. The highest BCUT2D eigenvalue weighted by molar-refractivity contribution is 7.30. The van der Waals surface area contributed by atoms with Crippen molar-refractivity contribution in [3.8, 4) is 39.0 Å². The molecule has 0 aromatic carbocycles. The zero-order valence-electron chi connectivity index (χ0n) is 54.8. The zero-order valence-corrected chi connectivity index (χ0v) is 60.5. The van der Waals surface area contributed by atoms with Gasteiger partial charge in [0.15, 0.2) is 0 Å². The third-order valence-corrected chi connectivity index (χ3v) is 22.2. The number of ether oxygens (including phenoxy) is 6. The van der Waals surface area contributed by atoms with Gasteiger partial charge in [0.25, 0.3) is 0 Å². The van der Waals surface area contributed by atoms with E-state index in [2.05, 4.69) is 82.5 Å². The number of unbranched alkanes of at least 4 members (excludes halogenated alkanes) is 12. The molecule has 0 aliphatic carbocycles. The molecule has 7 rings (SSSR count). The Balaban J connectivity index is 0.000000539. The molecule has 0 saturated carbocycles. The van der Waals surface area contributed by atoms with Crippen LogP contribution in [0.1, 0.15) is 210 Å². The molecule has 0 aliphatic rings. The van der Waals surface area contributed by atoms with Crippen LogP contribution >= 0.6 is 79.4 Å². The summed E-state index contributed by atoms with van der Waals surface area (Å²) in [6.07, 6.45) is 23.8. The van der Waals surface area contributed by atoms with Crippen LogP contribution in [-0.2, 0) is 68.5 Å². The van der Waals surface area contributed by atoms with Gasteiger partial charge in [-0.05, 0) is 165 Å². The van der Waals surface area contributed by atoms with Crippen molar-refractivity contribution in [2.45, 2.75) is 184 Å². The van der Waals surface area contributed by atoms with E-state index in [1.165, 1.54) is 171 Å². The molecule has 0 saturated heterocycles. The van der Waals surface area contributed by atoms with E-state index in [4.69, 9.17) is 28.4 Å². The van der Waals surface area contributed by atoms with Crippen molar-refractivity contribution in [2.75, 3.05) is 39.6 Å². The van der Waals surface area contributed by atoms with Gasteiger partial charge in [-0.1, -0.05) is 138 Å². The molecule has 7 aromatic heterocycles. The standard InChI is InChI=1S/C52H64O8S5.C11H12O4S.C10H16S.CH4/c1-8-11-14-17-20-36-31-43(39-23-25-41(61-39)51(55)59-29-27-57-49(53)34(4)5)63-47(36)44-33-38(22-19-16-13-10-3)48(65-44)45-32-37(21-18-15-12-9-2)46(64-45)40-24-26-42(62-40)52(56)60-30-28-58-50(54)35(6)7;1-8(2)10(12)14-5-6-15-11(13)9-4-3-7-16-9;1-2-3-4-5-6-10-7-8-11-9-10;/h23-26,31-33H,4,6,8-22,27-30H2,1-3,5,7H3;3-4,7H,1,5-6H2,2H3;7-9H,2-6H2,1H3;1H4. The Labute approximate surface area is 581 Å². The molecule has 0 spiro atoms. The van der Waals surface area contributed by atoms with Gasteiger partial charge in [0.1, 0.15) is 54.3 Å². The first-order chi connectivity index (χ1) is 44.5. The van der Waals surface area contributed by atoms with Crippen LogP contribution in [0.25, 0.3) is 39.0 Å². The Hall–Kier alpha value is -6.06. The zero-order chi connectivity index (χ0) is 66.6. The predicted molar refractivity (Wildman–Crippen MR) is 392 cm³/mol. The maximum absolute atomic E-state index is 13.1. The number of aryl methyl sites for hydroxylation is 4. The fourth-order valence-corrected chi connectivity index (χ4v) is 16.4. The Kier molecular flexibility index (Phi) is 38.0. The lowest BCUT2D eigenvalue weighted by molar-refractivity contribution is -0.140. The summed E-state index contributed by atoms with van der Waals surface area (Å²) in [4.78, 5) is 83.0. The lowest BCUT2D eigenvalue weighted by Gasteiger charge is -2.05. The van der Waals surface area contributed by atoms with Crippen LogP contribution in [0.4, 0.5) is 0 Å². The van der Waals surface area contributed by atoms with Crippen LogP contribution in [0, 0.1) is 0 Å². The number of thiophene rings is 7. The molecule has 0 atom stereocenters. The van der Waals surface area contributed by atoms with Gasteiger partial charge in [0.2, 0.25) is 0 Å². The summed E-state index contributed by atoms with van der Waals surface area (Å²) in [7, 11) is 0. The van der Waals surface area contributed by atoms with E-state index in [9.17, 15) is 28.8 Å². The van der Waals surface area contributed by atoms with Crippen LogP contribution in [0.3, 0.4) is 0 Å². The van der Waals surface area contributed by atoms with E-state index in [1.54, 1.807) is 61.0 Å².